The molecule has 26 heavy (non-hydrogen) atoms. The topological polar surface area (TPSA) is 99.7 Å². The van der Waals surface area contributed by atoms with E-state index in [-0.39, 0.29) is 22.2 Å². The summed E-state index contributed by atoms with van der Waals surface area (Å²) in [5.74, 6) is 0.772. The molecule has 0 N–H and O–H groups in total. The van der Waals surface area contributed by atoms with Crippen LogP contribution in [0, 0.1) is 11.3 Å². The van der Waals surface area contributed by atoms with Crippen LogP contribution in [0.2, 0.25) is 0 Å². The molecule has 2 aromatic rings. The number of aromatic nitrogens is 1. The number of methoxy groups -OCH3 is 1. The fourth-order valence-corrected chi connectivity index (χ4v) is 4.59. The van der Waals surface area contributed by atoms with Crippen molar-refractivity contribution in [3.8, 4) is 23.3 Å². The van der Waals surface area contributed by atoms with E-state index in [9.17, 15) is 13.7 Å². The van der Waals surface area contributed by atoms with Crippen molar-refractivity contribution in [2.75, 3.05) is 39.2 Å². The van der Waals surface area contributed by atoms with Crippen molar-refractivity contribution in [3.63, 3.8) is 0 Å². The molecule has 0 unspecified atom stereocenters. The molecule has 0 aliphatic carbocycles. The van der Waals surface area contributed by atoms with Crippen LogP contribution in [0.1, 0.15) is 18.5 Å². The highest BCUT2D eigenvalue weighted by molar-refractivity contribution is 7.89. The first-order valence-electron chi connectivity index (χ1n) is 8.15. The van der Waals surface area contributed by atoms with E-state index in [1.54, 1.807) is 31.1 Å². The van der Waals surface area contributed by atoms with Gasteiger partial charge in [-0.3, -0.25) is 0 Å². The molecule has 0 spiro atoms. The number of ether oxygens (including phenoxy) is 1. The maximum atomic E-state index is 13.0. The van der Waals surface area contributed by atoms with Crippen LogP contribution in [0.25, 0.3) is 11.5 Å². The summed E-state index contributed by atoms with van der Waals surface area (Å²) in [6.07, 6.45) is 1.69. The molecular weight excluding hydrogens is 356 g/mol. The number of nitriles is 1. The third-order valence-electron chi connectivity index (χ3n) is 4.21. The number of oxazole rings is 1. The Kier molecular flexibility index (Phi) is 4.89. The van der Waals surface area contributed by atoms with E-state index in [1.807, 2.05) is 6.07 Å². The summed E-state index contributed by atoms with van der Waals surface area (Å²) < 4.78 is 38.3. The van der Waals surface area contributed by atoms with Gasteiger partial charge in [0.1, 0.15) is 16.7 Å². The summed E-state index contributed by atoms with van der Waals surface area (Å²) in [5, 5.41) is 9.22. The molecule has 1 aliphatic heterocycles. The van der Waals surface area contributed by atoms with E-state index in [0.717, 1.165) is 12.8 Å². The van der Waals surface area contributed by atoms with Crippen molar-refractivity contribution in [1.29, 1.82) is 5.26 Å². The number of anilines is 1. The standard InChI is InChI=1S/C17H20N4O4S/c1-20(2)17-13(11-18)19-16(25-17)12-6-7-14(24-3)15(10-12)26(22,23)21-8-4-5-9-21/h6-7,10H,4-5,8-9H2,1-3H3. The highest BCUT2D eigenvalue weighted by Gasteiger charge is 2.30. The van der Waals surface area contributed by atoms with Gasteiger partial charge < -0.3 is 14.1 Å². The first kappa shape index (κ1) is 18.2. The first-order chi connectivity index (χ1) is 12.4. The number of sulfonamides is 1. The van der Waals surface area contributed by atoms with Crippen molar-refractivity contribution in [1.82, 2.24) is 9.29 Å². The van der Waals surface area contributed by atoms with Gasteiger partial charge in [0.15, 0.2) is 0 Å². The second-order valence-electron chi connectivity index (χ2n) is 6.16. The lowest BCUT2D eigenvalue weighted by Crippen LogP contribution is -2.28. The molecule has 138 valence electrons. The number of nitrogens with zero attached hydrogens (tertiary/aromatic N) is 4. The van der Waals surface area contributed by atoms with Gasteiger partial charge in [0.05, 0.1) is 7.11 Å². The number of hydrogen-bond donors (Lipinski definition) is 0. The molecule has 9 heteroatoms. The smallest absolute Gasteiger partial charge is 0.246 e. The lowest BCUT2D eigenvalue weighted by molar-refractivity contribution is 0.398. The lowest BCUT2D eigenvalue weighted by Gasteiger charge is -2.18. The first-order valence-corrected chi connectivity index (χ1v) is 9.59. The van der Waals surface area contributed by atoms with E-state index in [4.69, 9.17) is 9.15 Å². The van der Waals surface area contributed by atoms with Gasteiger partial charge in [-0.05, 0) is 31.0 Å². The van der Waals surface area contributed by atoms with E-state index in [0.29, 0.717) is 24.5 Å². The summed E-state index contributed by atoms with van der Waals surface area (Å²) in [6.45, 7) is 0.996. The highest BCUT2D eigenvalue weighted by atomic mass is 32.2. The predicted molar refractivity (Wildman–Crippen MR) is 95.5 cm³/mol. The van der Waals surface area contributed by atoms with Gasteiger partial charge in [-0.15, -0.1) is 0 Å². The van der Waals surface area contributed by atoms with Crippen LogP contribution in [0.3, 0.4) is 0 Å². The maximum Gasteiger partial charge on any atom is 0.246 e. The van der Waals surface area contributed by atoms with Crippen molar-refractivity contribution in [3.05, 3.63) is 23.9 Å². The Morgan fingerprint density at radius 1 is 1.31 bits per heavy atom. The highest BCUT2D eigenvalue weighted by Crippen LogP contribution is 2.34. The Bertz CT molecular complexity index is 954. The average Bonchev–Trinajstić information content (AvgIpc) is 3.31. The molecule has 0 bridgehead atoms. The molecule has 0 saturated carbocycles. The molecule has 1 aromatic carbocycles. The largest absolute Gasteiger partial charge is 0.495 e. The minimum atomic E-state index is -3.67. The Balaban J connectivity index is 2.10. The quantitative estimate of drug-likeness (QED) is 0.787. The van der Waals surface area contributed by atoms with Gasteiger partial charge in [-0.2, -0.15) is 14.6 Å². The molecule has 0 amide bonds. The second-order valence-corrected chi connectivity index (χ2v) is 8.06. The minimum Gasteiger partial charge on any atom is -0.495 e. The molecule has 2 heterocycles. The second kappa shape index (κ2) is 6.97. The number of hydrogen-bond acceptors (Lipinski definition) is 7. The molecule has 1 aliphatic rings. The van der Waals surface area contributed by atoms with E-state index in [2.05, 4.69) is 4.98 Å². The lowest BCUT2D eigenvalue weighted by atomic mass is 10.2. The Hall–Kier alpha value is -2.57. The average molecular weight is 376 g/mol. The Morgan fingerprint density at radius 2 is 2.00 bits per heavy atom. The summed E-state index contributed by atoms with van der Waals surface area (Å²) >= 11 is 0. The van der Waals surface area contributed by atoms with Crippen molar-refractivity contribution < 1.29 is 17.6 Å². The molecule has 1 fully saturated rings. The molecule has 0 atom stereocenters. The zero-order valence-corrected chi connectivity index (χ0v) is 15.7. The predicted octanol–water partition coefficient (Wildman–Crippen LogP) is 2.07. The fourth-order valence-electron chi connectivity index (χ4n) is 2.89. The summed E-state index contributed by atoms with van der Waals surface area (Å²) in [5.41, 5.74) is 0.609. The summed E-state index contributed by atoms with van der Waals surface area (Å²) in [7, 11) is 1.23. The third kappa shape index (κ3) is 3.13. The minimum absolute atomic E-state index is 0.0718. The van der Waals surface area contributed by atoms with Gasteiger partial charge in [-0.25, -0.2) is 8.42 Å². The Morgan fingerprint density at radius 3 is 2.54 bits per heavy atom. The van der Waals surface area contributed by atoms with E-state index >= 15 is 0 Å². The van der Waals surface area contributed by atoms with Crippen molar-refractivity contribution in [2.45, 2.75) is 17.7 Å². The van der Waals surface area contributed by atoms with Crippen LogP contribution in [0.15, 0.2) is 27.5 Å². The van der Waals surface area contributed by atoms with Crippen molar-refractivity contribution in [2.24, 2.45) is 0 Å². The van der Waals surface area contributed by atoms with Gasteiger partial charge >= 0.3 is 0 Å². The number of rotatable bonds is 5. The molecule has 3 rings (SSSR count). The van der Waals surface area contributed by atoms with Crippen LogP contribution in [0.4, 0.5) is 5.88 Å². The SMILES string of the molecule is COc1ccc(-c2nc(C#N)c(N(C)C)o2)cc1S(=O)(=O)N1CCCC1. The molecule has 1 saturated heterocycles. The zero-order chi connectivity index (χ0) is 18.9. The van der Waals surface area contributed by atoms with Crippen molar-refractivity contribution >= 4 is 15.9 Å². The van der Waals surface area contributed by atoms with Gasteiger partial charge in [0.25, 0.3) is 0 Å². The van der Waals surface area contributed by atoms with Gasteiger partial charge in [0, 0.05) is 32.7 Å². The normalized spacial score (nSPS) is 15.0. The van der Waals surface area contributed by atoms with Crippen LogP contribution in [0.5, 0.6) is 5.75 Å². The van der Waals surface area contributed by atoms with Gasteiger partial charge in [-0.1, -0.05) is 0 Å². The number of benzene rings is 1. The van der Waals surface area contributed by atoms with Crippen LogP contribution in [-0.4, -0.2) is 52.0 Å². The molecule has 1 aromatic heterocycles. The van der Waals surface area contributed by atoms with Crippen LogP contribution in [-0.2, 0) is 10.0 Å². The molecular formula is C17H20N4O4S. The zero-order valence-electron chi connectivity index (χ0n) is 14.9. The van der Waals surface area contributed by atoms with Crippen LogP contribution < -0.4 is 9.64 Å². The van der Waals surface area contributed by atoms with E-state index < -0.39 is 10.0 Å². The summed E-state index contributed by atoms with van der Waals surface area (Å²) in [6, 6.07) is 6.70. The maximum absolute atomic E-state index is 13.0. The van der Waals surface area contributed by atoms with E-state index in [1.165, 1.54) is 17.5 Å². The monoisotopic (exact) mass is 376 g/mol. The molecule has 8 nitrogen and oxygen atoms in total. The fraction of sp³-hybridized carbons (Fsp3) is 0.412. The Labute approximate surface area is 152 Å². The van der Waals surface area contributed by atoms with Gasteiger partial charge in [0.2, 0.25) is 27.5 Å². The molecule has 0 radical (unpaired) electrons. The van der Waals surface area contributed by atoms with Crippen LogP contribution >= 0.6 is 0 Å². The summed E-state index contributed by atoms with van der Waals surface area (Å²) in [4.78, 5) is 5.89. The third-order valence-corrected chi connectivity index (χ3v) is 6.13.